The molecule has 0 amide bonds. The minimum absolute atomic E-state index is 0.108. The fourth-order valence-corrected chi connectivity index (χ4v) is 8.78. The molecule has 0 heterocycles. The van der Waals surface area contributed by atoms with Gasteiger partial charge in [0, 0.05) is 19.8 Å². The molecule has 0 bridgehead atoms. The second-order valence-corrected chi connectivity index (χ2v) is 15.1. The summed E-state index contributed by atoms with van der Waals surface area (Å²) in [5, 5.41) is 0. The van der Waals surface area contributed by atoms with Gasteiger partial charge in [-0.1, -0.05) is 88.4 Å². The highest BCUT2D eigenvalue weighted by Gasteiger charge is 2.50. The van der Waals surface area contributed by atoms with Gasteiger partial charge in [0.15, 0.2) is 0 Å². The number of fused-ring (bicyclic) bond motifs is 1. The van der Waals surface area contributed by atoms with Gasteiger partial charge in [-0.15, -0.1) is 0 Å². The lowest BCUT2D eigenvalue weighted by atomic mass is 9.60. The maximum absolute atomic E-state index is 12.9. The van der Waals surface area contributed by atoms with E-state index >= 15 is 0 Å². The minimum Gasteiger partial charge on any atom is -0.459 e. The van der Waals surface area contributed by atoms with Crippen LogP contribution >= 0.6 is 0 Å². The van der Waals surface area contributed by atoms with Crippen molar-refractivity contribution >= 4 is 17.9 Å². The third-order valence-corrected chi connectivity index (χ3v) is 11.5. The third kappa shape index (κ3) is 8.81. The van der Waals surface area contributed by atoms with Crippen LogP contribution in [0.5, 0.6) is 0 Å². The molecule has 0 aliphatic heterocycles. The summed E-state index contributed by atoms with van der Waals surface area (Å²) in [5.41, 5.74) is 4.55. The molecule has 3 aliphatic carbocycles. The molecule has 0 saturated heterocycles. The monoisotopic (exact) mass is 666 g/mol. The van der Waals surface area contributed by atoms with Crippen LogP contribution in [0.2, 0.25) is 0 Å². The van der Waals surface area contributed by atoms with Gasteiger partial charge in [0.25, 0.3) is 0 Å². The smallest absolute Gasteiger partial charge is 0.338 e. The van der Waals surface area contributed by atoms with Gasteiger partial charge in [-0.2, -0.15) is 0 Å². The van der Waals surface area contributed by atoms with Gasteiger partial charge in [-0.05, 0) is 109 Å². The topological polar surface area (TPSA) is 78.9 Å². The molecule has 0 aromatic heterocycles. The summed E-state index contributed by atoms with van der Waals surface area (Å²) < 4.78 is 17.6. The van der Waals surface area contributed by atoms with Crippen LogP contribution in [-0.2, 0) is 19.0 Å². The molecule has 5 rings (SSSR count). The molecule has 3 saturated carbocycles. The molecule has 2 aromatic carbocycles. The van der Waals surface area contributed by atoms with Crippen LogP contribution in [0.3, 0.4) is 0 Å². The highest BCUT2D eigenvalue weighted by molar-refractivity contribution is 5.90. The van der Waals surface area contributed by atoms with Crippen molar-refractivity contribution in [2.24, 2.45) is 29.1 Å². The van der Waals surface area contributed by atoms with Gasteiger partial charge in [0.1, 0.15) is 18.3 Å². The Morgan fingerprint density at radius 2 is 1.55 bits per heavy atom. The maximum atomic E-state index is 12.9. The van der Waals surface area contributed by atoms with Gasteiger partial charge in [0.05, 0.1) is 11.1 Å². The molecule has 2 aromatic rings. The SMILES string of the molecule is C=C1/C(=C\C=C2CCC[C@@]3(C)C2CC[C@@H]3[C@H](C)CC[C@H](OC(=O)c2ccccc2)C(C)C)C[C@H](OC(=O)c2ccccc2)C[C@H]1OC(C)=O. The highest BCUT2D eigenvalue weighted by Crippen LogP contribution is 2.60. The standard InChI is InChI=1S/C43H54O6/c1-28(2)39(49-42(46)34-16-11-8-12-17-34)24-19-29(3)37-22-23-38-32(18-13-25-43(37,38)6)20-21-35-26-36(27-40(30(35)4)47-31(5)44)48-41(45)33-14-9-7-10-15-33/h7-12,14-17,20-21,28-29,36-40H,4,13,18-19,22-27H2,1-3,5-6H3/b32-20?,35-21-/t29-,36+,37-,38?,39+,40-,43-/m1/s1. The molecular weight excluding hydrogens is 612 g/mol. The van der Waals surface area contributed by atoms with Crippen molar-refractivity contribution in [3.05, 3.63) is 107 Å². The molecule has 6 heteroatoms. The van der Waals surface area contributed by atoms with E-state index in [0.29, 0.717) is 41.7 Å². The van der Waals surface area contributed by atoms with E-state index in [9.17, 15) is 14.4 Å². The van der Waals surface area contributed by atoms with Crippen LogP contribution in [-0.4, -0.2) is 36.2 Å². The number of carbonyl (C=O) groups excluding carboxylic acids is 3. The van der Waals surface area contributed by atoms with Crippen molar-refractivity contribution in [1.82, 2.24) is 0 Å². The normalized spacial score (nSPS) is 28.2. The summed E-state index contributed by atoms with van der Waals surface area (Å²) in [6, 6.07) is 18.3. The Morgan fingerprint density at radius 3 is 2.18 bits per heavy atom. The molecule has 0 N–H and O–H groups in total. The van der Waals surface area contributed by atoms with Crippen molar-refractivity contribution in [1.29, 1.82) is 0 Å². The van der Waals surface area contributed by atoms with Crippen molar-refractivity contribution in [3.63, 3.8) is 0 Å². The number of hydrogen-bond acceptors (Lipinski definition) is 6. The summed E-state index contributed by atoms with van der Waals surface area (Å²) in [7, 11) is 0. The molecule has 0 spiro atoms. The first kappa shape index (κ1) is 36.4. The first-order valence-corrected chi connectivity index (χ1v) is 18.2. The van der Waals surface area contributed by atoms with E-state index in [1.165, 1.54) is 31.8 Å². The third-order valence-electron chi connectivity index (χ3n) is 11.5. The Morgan fingerprint density at radius 1 is 0.898 bits per heavy atom. The largest absolute Gasteiger partial charge is 0.459 e. The van der Waals surface area contributed by atoms with Crippen LogP contribution in [0.15, 0.2) is 96.1 Å². The minimum atomic E-state index is -0.528. The number of esters is 3. The second-order valence-electron chi connectivity index (χ2n) is 15.1. The summed E-state index contributed by atoms with van der Waals surface area (Å²) in [4.78, 5) is 37.7. The van der Waals surface area contributed by atoms with E-state index < -0.39 is 12.2 Å². The zero-order valence-electron chi connectivity index (χ0n) is 30.0. The van der Waals surface area contributed by atoms with Crippen molar-refractivity contribution in [2.75, 3.05) is 0 Å². The first-order chi connectivity index (χ1) is 23.5. The van der Waals surface area contributed by atoms with Gasteiger partial charge >= 0.3 is 17.9 Å². The Hall–Kier alpha value is -3.93. The molecule has 262 valence electrons. The molecule has 1 unspecified atom stereocenters. The number of carbonyl (C=O) groups is 3. The molecule has 7 atom stereocenters. The van der Waals surface area contributed by atoms with E-state index in [0.717, 1.165) is 36.8 Å². The van der Waals surface area contributed by atoms with Crippen LogP contribution in [0.25, 0.3) is 0 Å². The zero-order valence-corrected chi connectivity index (χ0v) is 30.0. The van der Waals surface area contributed by atoms with Crippen LogP contribution in [0.1, 0.15) is 113 Å². The van der Waals surface area contributed by atoms with Gasteiger partial charge in [0.2, 0.25) is 0 Å². The van der Waals surface area contributed by atoms with Gasteiger partial charge in [-0.3, -0.25) is 4.79 Å². The number of benzene rings is 2. The summed E-state index contributed by atoms with van der Waals surface area (Å²) in [5.74, 6) is 0.897. The average molecular weight is 667 g/mol. The van der Waals surface area contributed by atoms with Crippen molar-refractivity contribution < 1.29 is 28.6 Å². The average Bonchev–Trinajstić information content (AvgIpc) is 3.45. The van der Waals surface area contributed by atoms with Crippen LogP contribution < -0.4 is 0 Å². The van der Waals surface area contributed by atoms with E-state index in [1.807, 2.05) is 48.5 Å². The summed E-state index contributed by atoms with van der Waals surface area (Å²) in [6.45, 7) is 14.9. The second kappa shape index (κ2) is 16.2. The lowest BCUT2D eigenvalue weighted by molar-refractivity contribution is -0.146. The Balaban J connectivity index is 1.26. The Bertz CT molecular complexity index is 1540. The van der Waals surface area contributed by atoms with E-state index in [4.69, 9.17) is 14.2 Å². The molecule has 0 radical (unpaired) electrons. The number of allylic oxidation sites excluding steroid dienone is 3. The lowest BCUT2D eigenvalue weighted by Crippen LogP contribution is -2.36. The zero-order chi connectivity index (χ0) is 35.1. The number of ether oxygens (including phenoxy) is 3. The molecule has 3 fully saturated rings. The van der Waals surface area contributed by atoms with E-state index in [-0.39, 0.29) is 35.3 Å². The van der Waals surface area contributed by atoms with E-state index in [2.05, 4.69) is 46.4 Å². The predicted molar refractivity (Wildman–Crippen MR) is 193 cm³/mol. The van der Waals surface area contributed by atoms with Crippen LogP contribution in [0, 0.1) is 29.1 Å². The summed E-state index contributed by atoms with van der Waals surface area (Å²) in [6.07, 6.45) is 12.0. The molecule has 3 aliphatic rings. The number of hydrogen-bond donors (Lipinski definition) is 0. The molecule has 49 heavy (non-hydrogen) atoms. The highest BCUT2D eigenvalue weighted by atomic mass is 16.6. The number of rotatable bonds is 11. The Kier molecular flexibility index (Phi) is 12.0. The van der Waals surface area contributed by atoms with Gasteiger partial charge < -0.3 is 14.2 Å². The van der Waals surface area contributed by atoms with Crippen molar-refractivity contribution in [2.45, 2.75) is 111 Å². The molecular formula is C43H54O6. The predicted octanol–water partition coefficient (Wildman–Crippen LogP) is 9.86. The fourth-order valence-electron chi connectivity index (χ4n) is 8.78. The lowest BCUT2D eigenvalue weighted by Gasteiger charge is -2.44. The Labute approximate surface area is 293 Å². The summed E-state index contributed by atoms with van der Waals surface area (Å²) >= 11 is 0. The maximum Gasteiger partial charge on any atom is 0.338 e. The quantitative estimate of drug-likeness (QED) is 0.176. The van der Waals surface area contributed by atoms with Gasteiger partial charge in [-0.25, -0.2) is 9.59 Å². The molecule has 6 nitrogen and oxygen atoms in total. The first-order valence-electron chi connectivity index (χ1n) is 18.2. The van der Waals surface area contributed by atoms with Crippen LogP contribution in [0.4, 0.5) is 0 Å². The van der Waals surface area contributed by atoms with E-state index in [1.54, 1.807) is 12.1 Å². The van der Waals surface area contributed by atoms with Crippen molar-refractivity contribution in [3.8, 4) is 0 Å². The fraction of sp³-hybridized carbons (Fsp3) is 0.512.